The van der Waals surface area contributed by atoms with E-state index in [-0.39, 0.29) is 5.56 Å². The molecule has 5 heteroatoms. The summed E-state index contributed by atoms with van der Waals surface area (Å²) < 4.78 is 0. The third-order valence-electron chi connectivity index (χ3n) is 3.44. The van der Waals surface area contributed by atoms with Crippen LogP contribution in [0.15, 0.2) is 6.20 Å². The standard InChI is InChI=1S/C12H17N3O2/c1-8-9(10(16)17)6-13-11(15-8)14-7-12(2)4-3-5-12/h6H,3-5,7H2,1-2H3,(H,16,17)(H,13,14,15). The summed E-state index contributed by atoms with van der Waals surface area (Å²) in [5.41, 5.74) is 1.00. The van der Waals surface area contributed by atoms with Crippen LogP contribution in [-0.4, -0.2) is 27.6 Å². The number of nitrogens with one attached hydrogen (secondary N) is 1. The van der Waals surface area contributed by atoms with Crippen molar-refractivity contribution in [2.75, 3.05) is 11.9 Å². The van der Waals surface area contributed by atoms with Gasteiger partial charge in [-0.05, 0) is 25.2 Å². The molecule has 0 unspecified atom stereocenters. The van der Waals surface area contributed by atoms with Gasteiger partial charge in [0.25, 0.3) is 0 Å². The summed E-state index contributed by atoms with van der Waals surface area (Å²) in [6, 6.07) is 0. The zero-order chi connectivity index (χ0) is 12.5. The van der Waals surface area contributed by atoms with E-state index in [0.717, 1.165) is 6.54 Å². The van der Waals surface area contributed by atoms with Crippen LogP contribution in [0.25, 0.3) is 0 Å². The van der Waals surface area contributed by atoms with Gasteiger partial charge in [-0.15, -0.1) is 0 Å². The van der Waals surface area contributed by atoms with Crippen LogP contribution in [0.5, 0.6) is 0 Å². The number of hydrogen-bond acceptors (Lipinski definition) is 4. The minimum Gasteiger partial charge on any atom is -0.478 e. The third kappa shape index (κ3) is 2.54. The van der Waals surface area contributed by atoms with Gasteiger partial charge in [0.2, 0.25) is 5.95 Å². The highest BCUT2D eigenvalue weighted by Crippen LogP contribution is 2.39. The van der Waals surface area contributed by atoms with E-state index in [4.69, 9.17) is 5.11 Å². The molecule has 1 fully saturated rings. The van der Waals surface area contributed by atoms with Gasteiger partial charge in [0, 0.05) is 12.7 Å². The maximum absolute atomic E-state index is 10.8. The Balaban J connectivity index is 2.02. The molecule has 1 saturated carbocycles. The summed E-state index contributed by atoms with van der Waals surface area (Å²) >= 11 is 0. The Bertz CT molecular complexity index is 441. The average molecular weight is 235 g/mol. The van der Waals surface area contributed by atoms with E-state index in [1.807, 2.05) is 0 Å². The fourth-order valence-corrected chi connectivity index (χ4v) is 2.01. The number of anilines is 1. The van der Waals surface area contributed by atoms with Crippen molar-refractivity contribution in [3.63, 3.8) is 0 Å². The minimum absolute atomic E-state index is 0.158. The van der Waals surface area contributed by atoms with Crippen LogP contribution in [0.4, 0.5) is 5.95 Å². The molecule has 1 aromatic heterocycles. The molecule has 0 amide bonds. The largest absolute Gasteiger partial charge is 0.478 e. The lowest BCUT2D eigenvalue weighted by Crippen LogP contribution is -2.33. The number of carboxylic acids is 1. The van der Waals surface area contributed by atoms with Crippen LogP contribution < -0.4 is 5.32 Å². The molecule has 1 aliphatic rings. The van der Waals surface area contributed by atoms with E-state index in [2.05, 4.69) is 22.2 Å². The Hall–Kier alpha value is -1.65. The number of hydrogen-bond donors (Lipinski definition) is 2. The van der Waals surface area contributed by atoms with Crippen molar-refractivity contribution >= 4 is 11.9 Å². The summed E-state index contributed by atoms with van der Waals surface area (Å²) in [7, 11) is 0. The SMILES string of the molecule is Cc1nc(NCC2(C)CCC2)ncc1C(=O)O. The quantitative estimate of drug-likeness (QED) is 0.835. The first-order valence-corrected chi connectivity index (χ1v) is 5.81. The van der Waals surface area contributed by atoms with Crippen molar-refractivity contribution in [1.29, 1.82) is 0 Å². The molecule has 0 aromatic carbocycles. The summed E-state index contributed by atoms with van der Waals surface area (Å²) in [6.45, 7) is 4.77. The summed E-state index contributed by atoms with van der Waals surface area (Å²) in [5.74, 6) is -0.472. The molecular formula is C12H17N3O2. The van der Waals surface area contributed by atoms with Gasteiger partial charge in [-0.2, -0.15) is 0 Å². The van der Waals surface area contributed by atoms with Crippen LogP contribution in [0.1, 0.15) is 42.2 Å². The molecule has 1 aromatic rings. The zero-order valence-electron chi connectivity index (χ0n) is 10.2. The summed E-state index contributed by atoms with van der Waals surface area (Å²) in [6.07, 6.45) is 5.10. The third-order valence-corrected chi connectivity index (χ3v) is 3.44. The van der Waals surface area contributed by atoms with E-state index in [1.54, 1.807) is 6.92 Å². The molecule has 92 valence electrons. The molecule has 0 spiro atoms. The number of nitrogens with zero attached hydrogens (tertiary/aromatic N) is 2. The normalized spacial score (nSPS) is 17.3. The minimum atomic E-state index is -0.986. The molecule has 5 nitrogen and oxygen atoms in total. The van der Waals surface area contributed by atoms with Gasteiger partial charge in [0.05, 0.1) is 11.3 Å². The van der Waals surface area contributed by atoms with Crippen molar-refractivity contribution in [3.05, 3.63) is 17.5 Å². The smallest absolute Gasteiger partial charge is 0.339 e. The molecular weight excluding hydrogens is 218 g/mol. The molecule has 2 rings (SSSR count). The Morgan fingerprint density at radius 2 is 2.29 bits per heavy atom. The van der Waals surface area contributed by atoms with Gasteiger partial charge in [0.1, 0.15) is 0 Å². The van der Waals surface area contributed by atoms with Gasteiger partial charge >= 0.3 is 5.97 Å². The van der Waals surface area contributed by atoms with E-state index >= 15 is 0 Å². The fourth-order valence-electron chi connectivity index (χ4n) is 2.01. The lowest BCUT2D eigenvalue weighted by molar-refractivity contribution is 0.0695. The molecule has 0 bridgehead atoms. The number of aromatic nitrogens is 2. The highest BCUT2D eigenvalue weighted by molar-refractivity contribution is 5.88. The second-order valence-electron chi connectivity index (χ2n) is 5.02. The lowest BCUT2D eigenvalue weighted by atomic mass is 9.70. The van der Waals surface area contributed by atoms with Crippen LogP contribution in [0.3, 0.4) is 0 Å². The second kappa shape index (κ2) is 4.31. The zero-order valence-corrected chi connectivity index (χ0v) is 10.2. The Labute approximate surface area is 100 Å². The van der Waals surface area contributed by atoms with Crippen molar-refractivity contribution in [2.45, 2.75) is 33.1 Å². The predicted octanol–water partition coefficient (Wildman–Crippen LogP) is 2.09. The maximum atomic E-state index is 10.8. The highest BCUT2D eigenvalue weighted by atomic mass is 16.4. The van der Waals surface area contributed by atoms with E-state index in [0.29, 0.717) is 17.1 Å². The lowest BCUT2D eigenvalue weighted by Gasteiger charge is -2.38. The second-order valence-corrected chi connectivity index (χ2v) is 5.02. The highest BCUT2D eigenvalue weighted by Gasteiger charge is 2.31. The van der Waals surface area contributed by atoms with E-state index in [1.165, 1.54) is 25.5 Å². The molecule has 0 atom stereocenters. The van der Waals surface area contributed by atoms with Gasteiger partial charge in [-0.25, -0.2) is 14.8 Å². The topological polar surface area (TPSA) is 75.1 Å². The number of carboxylic acid groups (broad SMARTS) is 1. The summed E-state index contributed by atoms with van der Waals surface area (Å²) in [4.78, 5) is 19.0. The summed E-state index contributed by atoms with van der Waals surface area (Å²) in [5, 5.41) is 12.0. The van der Waals surface area contributed by atoms with Crippen molar-refractivity contribution in [1.82, 2.24) is 9.97 Å². The first-order chi connectivity index (χ1) is 8.00. The monoisotopic (exact) mass is 235 g/mol. The maximum Gasteiger partial charge on any atom is 0.339 e. The van der Waals surface area contributed by atoms with Gasteiger partial charge in [-0.1, -0.05) is 13.3 Å². The van der Waals surface area contributed by atoms with Gasteiger partial charge < -0.3 is 10.4 Å². The number of carbonyl (C=O) groups is 1. The molecule has 0 saturated heterocycles. The molecule has 17 heavy (non-hydrogen) atoms. The first kappa shape index (κ1) is 11.8. The average Bonchev–Trinajstić information content (AvgIpc) is 2.23. The van der Waals surface area contributed by atoms with Crippen LogP contribution in [0, 0.1) is 12.3 Å². The Morgan fingerprint density at radius 1 is 1.59 bits per heavy atom. The Morgan fingerprint density at radius 3 is 2.76 bits per heavy atom. The Kier molecular flexibility index (Phi) is 3.00. The molecule has 0 aliphatic heterocycles. The number of aromatic carboxylic acids is 1. The van der Waals surface area contributed by atoms with Crippen LogP contribution >= 0.6 is 0 Å². The van der Waals surface area contributed by atoms with Crippen LogP contribution in [0.2, 0.25) is 0 Å². The van der Waals surface area contributed by atoms with Crippen molar-refractivity contribution < 1.29 is 9.90 Å². The first-order valence-electron chi connectivity index (χ1n) is 5.81. The van der Waals surface area contributed by atoms with Gasteiger partial charge in [0.15, 0.2) is 0 Å². The fraction of sp³-hybridized carbons (Fsp3) is 0.583. The molecule has 1 heterocycles. The molecule has 2 N–H and O–H groups in total. The number of rotatable bonds is 4. The van der Waals surface area contributed by atoms with E-state index < -0.39 is 5.97 Å². The van der Waals surface area contributed by atoms with E-state index in [9.17, 15) is 4.79 Å². The van der Waals surface area contributed by atoms with Gasteiger partial charge in [-0.3, -0.25) is 0 Å². The molecule has 0 radical (unpaired) electrons. The van der Waals surface area contributed by atoms with Crippen LogP contribution in [-0.2, 0) is 0 Å². The van der Waals surface area contributed by atoms with Crippen molar-refractivity contribution in [3.8, 4) is 0 Å². The molecule has 1 aliphatic carbocycles. The number of aryl methyl sites for hydroxylation is 1. The van der Waals surface area contributed by atoms with Crippen molar-refractivity contribution in [2.24, 2.45) is 5.41 Å². The predicted molar refractivity (Wildman–Crippen MR) is 64.2 cm³/mol.